The third-order valence-corrected chi connectivity index (χ3v) is 4.08. The zero-order valence-electron chi connectivity index (χ0n) is 15.8. The summed E-state index contributed by atoms with van der Waals surface area (Å²) in [7, 11) is 3.05. The summed E-state index contributed by atoms with van der Waals surface area (Å²) in [4.78, 5) is 26.1. The zero-order chi connectivity index (χ0) is 20.0. The van der Waals surface area contributed by atoms with E-state index < -0.39 is 6.10 Å². The van der Waals surface area contributed by atoms with Gasteiger partial charge < -0.3 is 19.7 Å². The van der Waals surface area contributed by atoms with Crippen LogP contribution in [0.25, 0.3) is 0 Å². The monoisotopic (exact) mass is 390 g/mol. The van der Waals surface area contributed by atoms with Crippen molar-refractivity contribution < 1.29 is 19.1 Å². The van der Waals surface area contributed by atoms with Crippen LogP contribution in [0.1, 0.15) is 12.5 Å². The fourth-order valence-electron chi connectivity index (χ4n) is 2.51. The van der Waals surface area contributed by atoms with E-state index in [1.807, 2.05) is 25.1 Å². The van der Waals surface area contributed by atoms with Crippen molar-refractivity contribution in [2.75, 3.05) is 26.0 Å². The van der Waals surface area contributed by atoms with Crippen LogP contribution in [0.5, 0.6) is 11.5 Å². The molecule has 2 rings (SSSR count). The van der Waals surface area contributed by atoms with Gasteiger partial charge in [-0.3, -0.25) is 9.59 Å². The Kier molecular flexibility index (Phi) is 7.07. The molecule has 1 N–H and O–H groups in total. The van der Waals surface area contributed by atoms with Crippen LogP contribution in [0.15, 0.2) is 42.5 Å². The molecule has 0 bridgehead atoms. The Balaban J connectivity index is 1.95. The molecule has 7 heteroatoms. The molecule has 0 fully saturated rings. The molecule has 2 aromatic carbocycles. The number of amides is 2. The fraction of sp³-hybridized carbons (Fsp3) is 0.300. The number of halogens is 1. The molecule has 0 spiro atoms. The molecular weight excluding hydrogens is 368 g/mol. The van der Waals surface area contributed by atoms with Gasteiger partial charge in [-0.2, -0.15) is 0 Å². The molecule has 0 heterocycles. The summed E-state index contributed by atoms with van der Waals surface area (Å²) in [6.07, 6.45) is -0.717. The molecule has 27 heavy (non-hydrogen) atoms. The highest BCUT2D eigenvalue weighted by Crippen LogP contribution is 2.27. The maximum atomic E-state index is 12.5. The lowest BCUT2D eigenvalue weighted by Gasteiger charge is -2.22. The normalized spacial score (nSPS) is 11.4. The van der Waals surface area contributed by atoms with Gasteiger partial charge in [0.1, 0.15) is 11.5 Å². The minimum atomic E-state index is -0.717. The smallest absolute Gasteiger partial charge is 0.263 e. The number of methoxy groups -OCH3 is 1. The van der Waals surface area contributed by atoms with Crippen molar-refractivity contribution in [2.45, 2.75) is 20.0 Å². The van der Waals surface area contributed by atoms with Gasteiger partial charge in [-0.05, 0) is 49.7 Å². The van der Waals surface area contributed by atoms with Crippen molar-refractivity contribution in [1.82, 2.24) is 4.90 Å². The topological polar surface area (TPSA) is 67.9 Å². The first-order valence-electron chi connectivity index (χ1n) is 8.42. The van der Waals surface area contributed by atoms with Crippen LogP contribution in [0.3, 0.4) is 0 Å². The van der Waals surface area contributed by atoms with E-state index in [0.717, 1.165) is 5.56 Å². The van der Waals surface area contributed by atoms with Gasteiger partial charge in [-0.15, -0.1) is 0 Å². The van der Waals surface area contributed by atoms with Crippen molar-refractivity contribution in [2.24, 2.45) is 0 Å². The van der Waals surface area contributed by atoms with E-state index in [1.54, 1.807) is 38.2 Å². The second-order valence-corrected chi connectivity index (χ2v) is 6.60. The number of carbonyl (C=O) groups excluding carboxylic acids is 2. The number of benzene rings is 2. The number of nitrogens with zero attached hydrogens (tertiary/aromatic N) is 1. The van der Waals surface area contributed by atoms with E-state index in [4.69, 9.17) is 21.1 Å². The van der Waals surface area contributed by atoms with Crippen LogP contribution >= 0.6 is 11.6 Å². The lowest BCUT2D eigenvalue weighted by molar-refractivity contribution is -0.139. The highest BCUT2D eigenvalue weighted by atomic mass is 35.5. The first-order valence-corrected chi connectivity index (χ1v) is 8.79. The molecule has 2 aromatic rings. The van der Waals surface area contributed by atoms with Gasteiger partial charge in [0.15, 0.2) is 6.10 Å². The van der Waals surface area contributed by atoms with E-state index in [9.17, 15) is 9.59 Å². The number of aryl methyl sites for hydroxylation is 1. The number of hydrogen-bond donors (Lipinski definition) is 1. The molecule has 6 nitrogen and oxygen atoms in total. The molecule has 0 aromatic heterocycles. The lowest BCUT2D eigenvalue weighted by atomic mass is 10.2. The minimum absolute atomic E-state index is 0.129. The molecule has 0 radical (unpaired) electrons. The quantitative estimate of drug-likeness (QED) is 0.785. The molecule has 0 unspecified atom stereocenters. The lowest BCUT2D eigenvalue weighted by Crippen LogP contribution is -2.42. The van der Waals surface area contributed by atoms with Crippen molar-refractivity contribution in [3.8, 4) is 11.5 Å². The van der Waals surface area contributed by atoms with Crippen molar-refractivity contribution >= 4 is 29.1 Å². The highest BCUT2D eigenvalue weighted by Gasteiger charge is 2.21. The molecule has 2 amide bonds. The summed E-state index contributed by atoms with van der Waals surface area (Å²) in [5, 5.41) is 3.17. The Labute approximate surface area is 164 Å². The second-order valence-electron chi connectivity index (χ2n) is 6.16. The predicted octanol–water partition coefficient (Wildman–Crippen LogP) is 3.52. The van der Waals surface area contributed by atoms with Crippen LogP contribution in [-0.4, -0.2) is 43.5 Å². The Morgan fingerprint density at radius 3 is 2.63 bits per heavy atom. The minimum Gasteiger partial charge on any atom is -0.495 e. The Morgan fingerprint density at radius 2 is 1.96 bits per heavy atom. The number of rotatable bonds is 7. The number of ether oxygens (including phenoxy) is 2. The van der Waals surface area contributed by atoms with Crippen LogP contribution in [0, 0.1) is 6.92 Å². The average Bonchev–Trinajstić information content (AvgIpc) is 2.61. The van der Waals surface area contributed by atoms with Gasteiger partial charge in [0.2, 0.25) is 5.91 Å². The first-order chi connectivity index (χ1) is 12.8. The van der Waals surface area contributed by atoms with Gasteiger partial charge >= 0.3 is 0 Å². The Morgan fingerprint density at radius 1 is 1.22 bits per heavy atom. The predicted molar refractivity (Wildman–Crippen MR) is 106 cm³/mol. The van der Waals surface area contributed by atoms with E-state index >= 15 is 0 Å². The van der Waals surface area contributed by atoms with E-state index in [2.05, 4.69) is 5.32 Å². The molecular formula is C20H23ClN2O4. The number of hydrogen-bond acceptors (Lipinski definition) is 4. The molecule has 0 aliphatic rings. The third kappa shape index (κ3) is 5.89. The molecule has 0 saturated carbocycles. The maximum Gasteiger partial charge on any atom is 0.263 e. The molecule has 144 valence electrons. The second kappa shape index (κ2) is 9.28. The van der Waals surface area contributed by atoms with Crippen LogP contribution < -0.4 is 14.8 Å². The standard InChI is InChI=1S/C20H23ClN2O4/c1-13-6-5-7-16(10-13)27-14(2)20(25)23(3)12-19(24)22-17-11-15(21)8-9-18(17)26-4/h5-11,14H,12H2,1-4H3,(H,22,24)/t14-/m1/s1. The van der Waals surface area contributed by atoms with Crippen molar-refractivity contribution in [1.29, 1.82) is 0 Å². The number of nitrogens with one attached hydrogen (secondary N) is 1. The first kappa shape index (κ1) is 20.6. The Hall–Kier alpha value is -2.73. The van der Waals surface area contributed by atoms with Crippen molar-refractivity contribution in [3.63, 3.8) is 0 Å². The van der Waals surface area contributed by atoms with E-state index in [0.29, 0.717) is 22.2 Å². The SMILES string of the molecule is COc1ccc(Cl)cc1NC(=O)CN(C)C(=O)[C@@H](C)Oc1cccc(C)c1. The molecule has 0 aliphatic carbocycles. The van der Waals surface area contributed by atoms with Gasteiger partial charge in [-0.25, -0.2) is 0 Å². The molecule has 0 aliphatic heterocycles. The van der Waals surface area contributed by atoms with Crippen LogP contribution in [0.2, 0.25) is 5.02 Å². The number of likely N-dealkylation sites (N-methyl/N-ethyl adjacent to an activating group) is 1. The highest BCUT2D eigenvalue weighted by molar-refractivity contribution is 6.31. The van der Waals surface area contributed by atoms with Gasteiger partial charge in [0, 0.05) is 12.1 Å². The summed E-state index contributed by atoms with van der Waals surface area (Å²) in [6.45, 7) is 3.47. The summed E-state index contributed by atoms with van der Waals surface area (Å²) in [5.41, 5.74) is 1.48. The third-order valence-electron chi connectivity index (χ3n) is 3.84. The fourth-order valence-corrected chi connectivity index (χ4v) is 2.69. The average molecular weight is 391 g/mol. The van der Waals surface area contributed by atoms with Crippen LogP contribution in [-0.2, 0) is 9.59 Å². The van der Waals surface area contributed by atoms with Gasteiger partial charge in [-0.1, -0.05) is 23.7 Å². The van der Waals surface area contributed by atoms with Gasteiger partial charge in [0.05, 0.1) is 19.3 Å². The van der Waals surface area contributed by atoms with Crippen LogP contribution in [0.4, 0.5) is 5.69 Å². The molecule has 1 atom stereocenters. The van der Waals surface area contributed by atoms with E-state index in [1.165, 1.54) is 12.0 Å². The van der Waals surface area contributed by atoms with Gasteiger partial charge in [0.25, 0.3) is 5.91 Å². The summed E-state index contributed by atoms with van der Waals surface area (Å²) >= 11 is 5.96. The largest absolute Gasteiger partial charge is 0.495 e. The zero-order valence-corrected chi connectivity index (χ0v) is 16.5. The maximum absolute atomic E-state index is 12.5. The number of carbonyl (C=O) groups is 2. The molecule has 0 saturated heterocycles. The summed E-state index contributed by atoms with van der Waals surface area (Å²) in [5.74, 6) is 0.425. The summed E-state index contributed by atoms with van der Waals surface area (Å²) in [6, 6.07) is 12.3. The van der Waals surface area contributed by atoms with E-state index in [-0.39, 0.29) is 18.4 Å². The Bertz CT molecular complexity index is 825. The number of anilines is 1. The summed E-state index contributed by atoms with van der Waals surface area (Å²) < 4.78 is 10.9. The van der Waals surface area contributed by atoms with Crippen molar-refractivity contribution in [3.05, 3.63) is 53.1 Å².